The molecule has 1 aromatic heterocycles. The van der Waals surface area contributed by atoms with Gasteiger partial charge in [0.05, 0.1) is 12.3 Å². The number of rotatable bonds is 4. The molecule has 0 bridgehead atoms. The van der Waals surface area contributed by atoms with Gasteiger partial charge in [0.15, 0.2) is 0 Å². The Morgan fingerprint density at radius 2 is 2.17 bits per heavy atom. The third kappa shape index (κ3) is 3.54. The second kappa shape index (κ2) is 6.97. The van der Waals surface area contributed by atoms with E-state index in [0.717, 1.165) is 23.2 Å². The molecule has 0 aliphatic carbocycles. The lowest BCUT2D eigenvalue weighted by atomic mass is 9.97. The van der Waals surface area contributed by atoms with Crippen LogP contribution < -0.4 is 10.9 Å². The van der Waals surface area contributed by atoms with Crippen molar-refractivity contribution in [1.29, 1.82) is 0 Å². The molecule has 1 N–H and O–H groups in total. The van der Waals surface area contributed by atoms with Gasteiger partial charge in [-0.15, -0.1) is 0 Å². The molecular formula is C18H21N3O3. The summed E-state index contributed by atoms with van der Waals surface area (Å²) in [6.07, 6.45) is 0.742. The number of hydrogen-bond donors (Lipinski definition) is 1. The van der Waals surface area contributed by atoms with Crippen LogP contribution in [0.5, 0.6) is 0 Å². The summed E-state index contributed by atoms with van der Waals surface area (Å²) in [4.78, 5) is 24.0. The molecule has 1 atom stereocenters. The molecule has 24 heavy (non-hydrogen) atoms. The summed E-state index contributed by atoms with van der Waals surface area (Å²) in [6, 6.07) is 9.60. The van der Waals surface area contributed by atoms with E-state index in [2.05, 4.69) is 16.5 Å². The predicted molar refractivity (Wildman–Crippen MR) is 89.8 cm³/mol. The third-order valence-electron chi connectivity index (χ3n) is 4.31. The second-order valence-corrected chi connectivity index (χ2v) is 6.02. The monoisotopic (exact) mass is 327 g/mol. The first-order chi connectivity index (χ1) is 11.5. The van der Waals surface area contributed by atoms with E-state index < -0.39 is 0 Å². The Bertz CT molecular complexity index is 813. The molecular weight excluding hydrogens is 306 g/mol. The molecule has 126 valence electrons. The smallest absolute Gasteiger partial charge is 0.267 e. The fourth-order valence-electron chi connectivity index (χ4n) is 2.83. The van der Waals surface area contributed by atoms with Gasteiger partial charge in [-0.2, -0.15) is 5.10 Å². The van der Waals surface area contributed by atoms with Gasteiger partial charge in [-0.25, -0.2) is 4.68 Å². The number of fused-ring (bicyclic) bond motifs is 1. The molecule has 1 aromatic carbocycles. The van der Waals surface area contributed by atoms with Gasteiger partial charge in [0.1, 0.15) is 12.6 Å². The zero-order valence-corrected chi connectivity index (χ0v) is 13.9. The maximum atomic E-state index is 12.1. The molecule has 0 spiro atoms. The maximum absolute atomic E-state index is 12.1. The summed E-state index contributed by atoms with van der Waals surface area (Å²) in [7, 11) is 0. The molecule has 1 unspecified atom stereocenters. The number of amides is 1. The van der Waals surface area contributed by atoms with Gasteiger partial charge in [0, 0.05) is 12.6 Å². The zero-order chi connectivity index (χ0) is 17.1. The molecule has 0 fully saturated rings. The van der Waals surface area contributed by atoms with Crippen LogP contribution in [-0.2, 0) is 22.5 Å². The summed E-state index contributed by atoms with van der Waals surface area (Å²) in [5.74, 6) is -0.250. The van der Waals surface area contributed by atoms with Crippen molar-refractivity contribution in [2.45, 2.75) is 32.9 Å². The highest BCUT2D eigenvalue weighted by molar-refractivity contribution is 5.75. The Morgan fingerprint density at radius 1 is 1.38 bits per heavy atom. The van der Waals surface area contributed by atoms with E-state index in [1.54, 1.807) is 0 Å². The number of aryl methyl sites for hydroxylation is 2. The molecule has 0 radical (unpaired) electrons. The normalized spacial score (nSPS) is 16.5. The minimum absolute atomic E-state index is 0.0890. The number of benzene rings is 1. The van der Waals surface area contributed by atoms with Crippen LogP contribution in [0.2, 0.25) is 0 Å². The number of ether oxygens (including phenoxy) is 1. The number of aromatic nitrogens is 2. The van der Waals surface area contributed by atoms with Crippen LogP contribution in [0.1, 0.15) is 28.5 Å². The number of carbonyl (C=O) groups is 1. The van der Waals surface area contributed by atoms with E-state index in [4.69, 9.17) is 4.74 Å². The zero-order valence-electron chi connectivity index (χ0n) is 13.9. The summed E-state index contributed by atoms with van der Waals surface area (Å²) in [5.41, 5.74) is 3.67. The highest BCUT2D eigenvalue weighted by Gasteiger charge is 2.21. The van der Waals surface area contributed by atoms with Gasteiger partial charge in [0.25, 0.3) is 5.56 Å². The Kier molecular flexibility index (Phi) is 4.76. The Labute approximate surface area is 140 Å². The fraction of sp³-hybridized carbons (Fsp3) is 0.389. The van der Waals surface area contributed by atoms with Crippen LogP contribution in [0, 0.1) is 13.8 Å². The van der Waals surface area contributed by atoms with E-state index in [1.165, 1.54) is 16.3 Å². The molecule has 1 amide bonds. The van der Waals surface area contributed by atoms with Crippen LogP contribution in [0.3, 0.4) is 0 Å². The Morgan fingerprint density at radius 3 is 3.00 bits per heavy atom. The topological polar surface area (TPSA) is 73.2 Å². The lowest BCUT2D eigenvalue weighted by Crippen LogP contribution is -2.37. The first kappa shape index (κ1) is 16.4. The average Bonchev–Trinajstić information content (AvgIpc) is 2.58. The van der Waals surface area contributed by atoms with Crippen molar-refractivity contribution in [3.05, 3.63) is 63.1 Å². The number of nitrogens with zero attached hydrogens (tertiary/aromatic N) is 2. The minimum atomic E-state index is -0.271. The van der Waals surface area contributed by atoms with E-state index >= 15 is 0 Å². The maximum Gasteiger partial charge on any atom is 0.267 e. The fourth-order valence-corrected chi connectivity index (χ4v) is 2.83. The molecule has 1 aliphatic rings. The molecule has 6 nitrogen and oxygen atoms in total. The van der Waals surface area contributed by atoms with Gasteiger partial charge in [-0.1, -0.05) is 24.3 Å². The van der Waals surface area contributed by atoms with Crippen molar-refractivity contribution in [3.8, 4) is 0 Å². The van der Waals surface area contributed by atoms with Gasteiger partial charge >= 0.3 is 0 Å². The van der Waals surface area contributed by atoms with Crippen molar-refractivity contribution >= 4 is 5.91 Å². The van der Waals surface area contributed by atoms with Crippen molar-refractivity contribution in [3.63, 3.8) is 0 Å². The number of nitrogens with one attached hydrogen (secondary N) is 1. The third-order valence-corrected chi connectivity index (χ3v) is 4.31. The van der Waals surface area contributed by atoms with E-state index in [0.29, 0.717) is 13.2 Å². The first-order valence-corrected chi connectivity index (χ1v) is 8.06. The molecule has 2 aromatic rings. The van der Waals surface area contributed by atoms with Gasteiger partial charge in [-0.3, -0.25) is 9.59 Å². The van der Waals surface area contributed by atoms with Crippen molar-refractivity contribution in [2.75, 3.05) is 13.2 Å². The average molecular weight is 327 g/mol. The molecule has 6 heteroatoms. The standard InChI is InChI=1S/C18H21N3O3/c1-12-9-18(23)21(20-13(12)2)11-17(22)19-10-16-15-6-4-3-5-14(15)7-8-24-16/h3-6,9,16H,7-8,10-11H2,1-2H3,(H,19,22). The van der Waals surface area contributed by atoms with Crippen molar-refractivity contribution in [2.24, 2.45) is 0 Å². The van der Waals surface area contributed by atoms with Gasteiger partial charge in [-0.05, 0) is 37.0 Å². The van der Waals surface area contributed by atoms with Crippen LogP contribution in [0.15, 0.2) is 35.1 Å². The predicted octanol–water partition coefficient (Wildman–Crippen LogP) is 1.29. The molecule has 0 saturated carbocycles. The van der Waals surface area contributed by atoms with Crippen LogP contribution in [-0.4, -0.2) is 28.8 Å². The van der Waals surface area contributed by atoms with E-state index in [1.807, 2.05) is 32.0 Å². The molecule has 0 saturated heterocycles. The highest BCUT2D eigenvalue weighted by atomic mass is 16.5. The quantitative estimate of drug-likeness (QED) is 0.918. The summed E-state index contributed by atoms with van der Waals surface area (Å²) in [6.45, 7) is 4.58. The summed E-state index contributed by atoms with van der Waals surface area (Å²) < 4.78 is 6.95. The largest absolute Gasteiger partial charge is 0.371 e. The van der Waals surface area contributed by atoms with Gasteiger partial charge in [0.2, 0.25) is 5.91 Å². The van der Waals surface area contributed by atoms with Crippen molar-refractivity contribution in [1.82, 2.24) is 15.1 Å². The van der Waals surface area contributed by atoms with E-state index in [9.17, 15) is 9.59 Å². The van der Waals surface area contributed by atoms with Crippen LogP contribution >= 0.6 is 0 Å². The van der Waals surface area contributed by atoms with Crippen molar-refractivity contribution < 1.29 is 9.53 Å². The lowest BCUT2D eigenvalue weighted by molar-refractivity contribution is -0.122. The Balaban J connectivity index is 1.63. The van der Waals surface area contributed by atoms with Gasteiger partial charge < -0.3 is 10.1 Å². The lowest BCUT2D eigenvalue weighted by Gasteiger charge is -2.26. The molecule has 1 aliphatic heterocycles. The molecule has 2 heterocycles. The van der Waals surface area contributed by atoms with Crippen LogP contribution in [0.25, 0.3) is 0 Å². The second-order valence-electron chi connectivity index (χ2n) is 6.02. The summed E-state index contributed by atoms with van der Waals surface area (Å²) in [5, 5.41) is 6.99. The number of carbonyl (C=O) groups excluding carboxylic acids is 1. The number of hydrogen-bond acceptors (Lipinski definition) is 4. The SMILES string of the molecule is Cc1cc(=O)n(CC(=O)NCC2OCCc3ccccc32)nc1C. The summed E-state index contributed by atoms with van der Waals surface area (Å²) >= 11 is 0. The highest BCUT2D eigenvalue weighted by Crippen LogP contribution is 2.26. The van der Waals surface area contributed by atoms with Crippen LogP contribution in [0.4, 0.5) is 0 Å². The Hall–Kier alpha value is -2.47. The minimum Gasteiger partial charge on any atom is -0.371 e. The van der Waals surface area contributed by atoms with E-state index in [-0.39, 0.29) is 24.1 Å². The molecule has 3 rings (SSSR count). The first-order valence-electron chi connectivity index (χ1n) is 8.06.